The van der Waals surface area contributed by atoms with Crippen molar-refractivity contribution in [2.24, 2.45) is 5.92 Å². The third kappa shape index (κ3) is 3.59. The summed E-state index contributed by atoms with van der Waals surface area (Å²) in [6, 6.07) is 7.13. The molecule has 0 bridgehead atoms. The number of nitrogens with zero attached hydrogens (tertiary/aromatic N) is 1. The van der Waals surface area contributed by atoms with Gasteiger partial charge in [0.1, 0.15) is 17.8 Å². The number of carbonyl (C=O) groups is 2. The third-order valence-electron chi connectivity index (χ3n) is 3.51. The van der Waals surface area contributed by atoms with E-state index in [9.17, 15) is 18.4 Å². The molecule has 1 aromatic heterocycles. The first kappa shape index (κ1) is 16.5. The molecule has 1 fully saturated rings. The Morgan fingerprint density at radius 3 is 2.67 bits per heavy atom. The molecule has 24 heavy (non-hydrogen) atoms. The number of alkyl halides is 1. The molecule has 2 amide bonds. The van der Waals surface area contributed by atoms with Crippen LogP contribution < -0.4 is 10.6 Å². The van der Waals surface area contributed by atoms with Crippen LogP contribution in [0.15, 0.2) is 41.0 Å². The Bertz CT molecular complexity index is 795. The number of anilines is 2. The smallest absolute Gasteiger partial charge is 0.259 e. The summed E-state index contributed by atoms with van der Waals surface area (Å²) >= 11 is 3.13. The zero-order chi connectivity index (χ0) is 17.3. The predicted octanol–water partition coefficient (Wildman–Crippen LogP) is 3.53. The van der Waals surface area contributed by atoms with Crippen molar-refractivity contribution in [3.05, 3.63) is 52.4 Å². The number of pyridine rings is 1. The van der Waals surface area contributed by atoms with Crippen LogP contribution in [0.25, 0.3) is 0 Å². The molecule has 8 heteroatoms. The lowest BCUT2D eigenvalue weighted by Gasteiger charge is -2.09. The highest BCUT2D eigenvalue weighted by atomic mass is 79.9. The van der Waals surface area contributed by atoms with Gasteiger partial charge < -0.3 is 10.6 Å². The van der Waals surface area contributed by atoms with E-state index in [1.807, 2.05) is 0 Å². The van der Waals surface area contributed by atoms with Crippen molar-refractivity contribution < 1.29 is 18.4 Å². The van der Waals surface area contributed by atoms with Crippen molar-refractivity contribution in [3.8, 4) is 0 Å². The Morgan fingerprint density at radius 2 is 2.00 bits per heavy atom. The van der Waals surface area contributed by atoms with Gasteiger partial charge in [0.2, 0.25) is 5.91 Å². The van der Waals surface area contributed by atoms with E-state index < -0.39 is 29.7 Å². The largest absolute Gasteiger partial charge is 0.322 e. The van der Waals surface area contributed by atoms with Crippen molar-refractivity contribution in [2.45, 2.75) is 12.6 Å². The van der Waals surface area contributed by atoms with Crippen LogP contribution in [0.4, 0.5) is 20.3 Å². The van der Waals surface area contributed by atoms with E-state index >= 15 is 0 Å². The Labute approximate surface area is 144 Å². The van der Waals surface area contributed by atoms with Gasteiger partial charge in [0.15, 0.2) is 0 Å². The van der Waals surface area contributed by atoms with Crippen LogP contribution in [0.3, 0.4) is 0 Å². The summed E-state index contributed by atoms with van der Waals surface area (Å²) in [5, 5.41) is 5.02. The van der Waals surface area contributed by atoms with Gasteiger partial charge in [0.05, 0.1) is 11.5 Å². The highest BCUT2D eigenvalue weighted by Gasteiger charge is 2.43. The molecule has 1 aliphatic carbocycles. The minimum atomic E-state index is -1.11. The van der Waals surface area contributed by atoms with Gasteiger partial charge in [-0.25, -0.2) is 13.8 Å². The third-order valence-corrected chi connectivity index (χ3v) is 4.17. The van der Waals surface area contributed by atoms with Gasteiger partial charge in [0.25, 0.3) is 5.91 Å². The Hall–Kier alpha value is -2.35. The van der Waals surface area contributed by atoms with E-state index in [0.717, 1.165) is 0 Å². The topological polar surface area (TPSA) is 71.1 Å². The quantitative estimate of drug-likeness (QED) is 0.831. The number of aromatic nitrogens is 1. The number of halogens is 3. The van der Waals surface area contributed by atoms with Crippen LogP contribution in [0, 0.1) is 11.7 Å². The molecule has 2 N–H and O–H groups in total. The lowest BCUT2D eigenvalue weighted by atomic mass is 10.2. The highest BCUT2D eigenvalue weighted by Crippen LogP contribution is 2.34. The van der Waals surface area contributed by atoms with E-state index in [1.54, 1.807) is 6.07 Å². The van der Waals surface area contributed by atoms with Gasteiger partial charge in [-0.2, -0.15) is 0 Å². The second kappa shape index (κ2) is 6.64. The van der Waals surface area contributed by atoms with Gasteiger partial charge in [-0.15, -0.1) is 0 Å². The van der Waals surface area contributed by atoms with Gasteiger partial charge in [0, 0.05) is 22.4 Å². The standard InChI is InChI=1S/C16H12BrF2N3O2/c17-10-2-1-3-11(18)14(10)16(24)21-8-4-5-20-13(6-8)22-15(23)9-7-12(9)19/h1-6,9,12H,7H2,(H2,20,21,22,23,24)/t9-,12+/m1/s1. The normalized spacial score (nSPS) is 18.8. The molecule has 2 atom stereocenters. The number of benzene rings is 1. The minimum absolute atomic E-state index is 0.127. The van der Waals surface area contributed by atoms with Crippen LogP contribution >= 0.6 is 15.9 Å². The molecule has 1 aliphatic rings. The van der Waals surface area contributed by atoms with Gasteiger partial charge in [-0.05, 0) is 40.5 Å². The molecule has 1 aromatic carbocycles. The van der Waals surface area contributed by atoms with E-state index in [0.29, 0.717) is 10.2 Å². The predicted molar refractivity (Wildman–Crippen MR) is 87.9 cm³/mol. The van der Waals surface area contributed by atoms with Gasteiger partial charge >= 0.3 is 0 Å². The molecule has 5 nitrogen and oxygen atoms in total. The van der Waals surface area contributed by atoms with E-state index in [4.69, 9.17) is 0 Å². The van der Waals surface area contributed by atoms with Crippen LogP contribution in [0.2, 0.25) is 0 Å². The average Bonchev–Trinajstić information content (AvgIpc) is 3.24. The fourth-order valence-corrected chi connectivity index (χ4v) is 2.66. The van der Waals surface area contributed by atoms with Crippen molar-refractivity contribution in [1.29, 1.82) is 0 Å². The molecule has 1 saturated carbocycles. The second-order valence-corrected chi connectivity index (χ2v) is 6.18. The molecule has 0 saturated heterocycles. The average molecular weight is 396 g/mol. The van der Waals surface area contributed by atoms with Crippen LogP contribution in [-0.2, 0) is 4.79 Å². The summed E-state index contributed by atoms with van der Waals surface area (Å²) < 4.78 is 27.0. The number of nitrogens with one attached hydrogen (secondary N) is 2. The monoisotopic (exact) mass is 395 g/mol. The molecule has 3 rings (SSSR count). The molecule has 124 valence electrons. The lowest BCUT2D eigenvalue weighted by Crippen LogP contribution is -2.17. The maximum Gasteiger partial charge on any atom is 0.259 e. The van der Waals surface area contributed by atoms with Crippen molar-refractivity contribution >= 4 is 39.2 Å². The first-order valence-electron chi connectivity index (χ1n) is 7.12. The first-order chi connectivity index (χ1) is 11.5. The summed E-state index contributed by atoms with van der Waals surface area (Å²) in [4.78, 5) is 27.8. The zero-order valence-corrected chi connectivity index (χ0v) is 13.8. The lowest BCUT2D eigenvalue weighted by molar-refractivity contribution is -0.117. The van der Waals surface area contributed by atoms with Crippen molar-refractivity contribution in [1.82, 2.24) is 4.98 Å². The minimum Gasteiger partial charge on any atom is -0.322 e. The Kier molecular flexibility index (Phi) is 4.57. The summed E-state index contributed by atoms with van der Waals surface area (Å²) in [7, 11) is 0. The second-order valence-electron chi connectivity index (χ2n) is 5.33. The summed E-state index contributed by atoms with van der Waals surface area (Å²) in [6.45, 7) is 0. The molecular weight excluding hydrogens is 384 g/mol. The molecule has 0 radical (unpaired) electrons. The molecule has 0 unspecified atom stereocenters. The summed E-state index contributed by atoms with van der Waals surface area (Å²) in [5.74, 6) is -2.21. The SMILES string of the molecule is O=C(Nc1ccnc(NC(=O)[C@@H]2C[C@@H]2F)c1)c1c(F)cccc1Br. The molecule has 1 heterocycles. The zero-order valence-electron chi connectivity index (χ0n) is 12.2. The number of hydrogen-bond donors (Lipinski definition) is 2. The Morgan fingerprint density at radius 1 is 1.25 bits per heavy atom. The number of rotatable bonds is 4. The molecule has 2 aromatic rings. The van der Waals surface area contributed by atoms with E-state index in [2.05, 4.69) is 31.5 Å². The molecule has 0 spiro atoms. The van der Waals surface area contributed by atoms with Crippen LogP contribution in [-0.4, -0.2) is 23.0 Å². The van der Waals surface area contributed by atoms with Gasteiger partial charge in [-0.1, -0.05) is 6.07 Å². The highest BCUT2D eigenvalue weighted by molar-refractivity contribution is 9.10. The van der Waals surface area contributed by atoms with E-state index in [-0.39, 0.29) is 17.8 Å². The number of hydrogen-bond acceptors (Lipinski definition) is 3. The number of carbonyl (C=O) groups excluding carboxylic acids is 2. The van der Waals surface area contributed by atoms with Crippen molar-refractivity contribution in [3.63, 3.8) is 0 Å². The summed E-state index contributed by atoms with van der Waals surface area (Å²) in [5.41, 5.74) is 0.200. The van der Waals surface area contributed by atoms with E-state index in [1.165, 1.54) is 30.5 Å². The maximum atomic E-state index is 13.8. The Balaban J connectivity index is 1.72. The fraction of sp³-hybridized carbons (Fsp3) is 0.188. The van der Waals surface area contributed by atoms with Gasteiger partial charge in [-0.3, -0.25) is 9.59 Å². The molecule has 0 aliphatic heterocycles. The summed E-state index contributed by atoms with van der Waals surface area (Å²) in [6.07, 6.45) is 0.483. The number of amides is 2. The fourth-order valence-electron chi connectivity index (χ4n) is 2.14. The molecular formula is C16H12BrF2N3O2. The van der Waals surface area contributed by atoms with Crippen molar-refractivity contribution in [2.75, 3.05) is 10.6 Å². The maximum absolute atomic E-state index is 13.8. The van der Waals surface area contributed by atoms with Crippen LogP contribution in [0.1, 0.15) is 16.8 Å². The van der Waals surface area contributed by atoms with Crippen LogP contribution in [0.5, 0.6) is 0 Å². The first-order valence-corrected chi connectivity index (χ1v) is 7.91.